The van der Waals surface area contributed by atoms with Gasteiger partial charge in [0.1, 0.15) is 5.54 Å². The summed E-state index contributed by atoms with van der Waals surface area (Å²) in [4.78, 5) is 18.9. The highest BCUT2D eigenvalue weighted by atomic mass is 32.2. The van der Waals surface area contributed by atoms with E-state index in [1.807, 2.05) is 13.2 Å². The molecule has 5 nitrogen and oxygen atoms in total. The van der Waals surface area contributed by atoms with Crippen LogP contribution in [0.4, 0.5) is 0 Å². The van der Waals surface area contributed by atoms with Crippen molar-refractivity contribution < 1.29 is 4.79 Å². The lowest BCUT2D eigenvalue weighted by atomic mass is 9.84. The molecule has 1 aliphatic carbocycles. The normalized spacial score (nSPS) is 27.5. The number of hydrogen-bond acceptors (Lipinski definition) is 4. The maximum Gasteiger partial charge on any atom is 0.238 e. The number of nitrogens with one attached hydrogen (secondary N) is 2. The van der Waals surface area contributed by atoms with Gasteiger partial charge in [-0.15, -0.1) is 0 Å². The van der Waals surface area contributed by atoms with Gasteiger partial charge in [0.15, 0.2) is 5.16 Å². The van der Waals surface area contributed by atoms with E-state index >= 15 is 0 Å². The number of aromatic nitrogens is 2. The van der Waals surface area contributed by atoms with Crippen molar-refractivity contribution in [3.8, 4) is 0 Å². The van der Waals surface area contributed by atoms with E-state index < -0.39 is 5.54 Å². The zero-order valence-corrected chi connectivity index (χ0v) is 11.4. The molecule has 0 aromatic carbocycles. The number of H-pyrrole nitrogens is 1. The average molecular weight is 268 g/mol. The summed E-state index contributed by atoms with van der Waals surface area (Å²) in [5.74, 6) is 1.08. The van der Waals surface area contributed by atoms with Crippen molar-refractivity contribution in [2.24, 2.45) is 11.7 Å². The fourth-order valence-electron chi connectivity index (χ4n) is 2.87. The minimum absolute atomic E-state index is 0.213. The summed E-state index contributed by atoms with van der Waals surface area (Å²) in [5.41, 5.74) is 5.08. The van der Waals surface area contributed by atoms with Gasteiger partial charge in [-0.3, -0.25) is 4.79 Å². The highest BCUT2D eigenvalue weighted by Crippen LogP contribution is 2.38. The first kappa shape index (κ1) is 13.4. The van der Waals surface area contributed by atoms with E-state index in [1.165, 1.54) is 0 Å². The Morgan fingerprint density at radius 2 is 2.61 bits per heavy atom. The number of nitrogens with two attached hydrogens (primary N) is 1. The van der Waals surface area contributed by atoms with Crippen LogP contribution in [0, 0.1) is 5.92 Å². The highest BCUT2D eigenvalue weighted by Gasteiger charge is 2.45. The summed E-state index contributed by atoms with van der Waals surface area (Å²) in [6.07, 6.45) is 7.55. The summed E-state index contributed by atoms with van der Waals surface area (Å²) < 4.78 is 0. The number of rotatable bonds is 6. The van der Waals surface area contributed by atoms with Crippen molar-refractivity contribution in [2.45, 2.75) is 36.4 Å². The van der Waals surface area contributed by atoms with E-state index in [9.17, 15) is 4.79 Å². The number of thioether (sulfide) groups is 1. The number of amides is 1. The third kappa shape index (κ3) is 2.54. The smallest absolute Gasteiger partial charge is 0.238 e. The topological polar surface area (TPSA) is 83.8 Å². The Labute approximate surface area is 111 Å². The van der Waals surface area contributed by atoms with E-state index in [2.05, 4.69) is 15.3 Å². The number of likely N-dealkylation sites (N-methyl/N-ethyl adjacent to an activating group) is 1. The van der Waals surface area contributed by atoms with Crippen LogP contribution in [-0.4, -0.2) is 34.2 Å². The zero-order chi connectivity index (χ0) is 13.0. The first-order chi connectivity index (χ1) is 8.69. The molecule has 1 aliphatic rings. The van der Waals surface area contributed by atoms with Crippen molar-refractivity contribution in [3.05, 3.63) is 12.4 Å². The molecule has 1 heterocycles. The average Bonchev–Trinajstić information content (AvgIpc) is 2.98. The first-order valence-electron chi connectivity index (χ1n) is 6.30. The van der Waals surface area contributed by atoms with Crippen LogP contribution in [0.25, 0.3) is 0 Å². The number of aromatic amines is 1. The largest absolute Gasteiger partial charge is 0.368 e. The second kappa shape index (κ2) is 5.75. The molecule has 0 bridgehead atoms. The standard InChI is InChI=1S/C12H20N4OS/c1-14-12(10(13)17)5-2-3-9(12)4-8-18-11-15-6-7-16-11/h6-7,9,14H,2-5,8H2,1H3,(H2,13,17)(H,15,16). The predicted octanol–water partition coefficient (Wildman–Crippen LogP) is 1.14. The Morgan fingerprint density at radius 3 is 3.22 bits per heavy atom. The fourth-order valence-corrected chi connectivity index (χ4v) is 3.76. The molecular weight excluding hydrogens is 248 g/mol. The molecule has 1 fully saturated rings. The van der Waals surface area contributed by atoms with E-state index in [0.29, 0.717) is 5.92 Å². The molecule has 18 heavy (non-hydrogen) atoms. The zero-order valence-electron chi connectivity index (χ0n) is 10.6. The van der Waals surface area contributed by atoms with Crippen molar-refractivity contribution in [3.63, 3.8) is 0 Å². The molecule has 100 valence electrons. The van der Waals surface area contributed by atoms with E-state index in [0.717, 1.165) is 36.6 Å². The van der Waals surface area contributed by atoms with Gasteiger partial charge in [-0.2, -0.15) is 0 Å². The molecule has 1 saturated carbocycles. The van der Waals surface area contributed by atoms with Crippen LogP contribution >= 0.6 is 11.8 Å². The molecule has 1 aromatic heterocycles. The Kier molecular flexibility index (Phi) is 4.29. The van der Waals surface area contributed by atoms with Gasteiger partial charge >= 0.3 is 0 Å². The summed E-state index contributed by atoms with van der Waals surface area (Å²) >= 11 is 1.69. The molecular formula is C12H20N4OS. The quantitative estimate of drug-likeness (QED) is 0.675. The number of hydrogen-bond donors (Lipinski definition) is 3. The fraction of sp³-hybridized carbons (Fsp3) is 0.667. The van der Waals surface area contributed by atoms with Gasteiger partial charge in [0.25, 0.3) is 0 Å². The molecule has 1 amide bonds. The Morgan fingerprint density at radius 1 is 1.78 bits per heavy atom. The minimum atomic E-state index is -0.496. The SMILES string of the molecule is CNC1(C(N)=O)CCCC1CCSc1ncc[nH]1. The third-order valence-corrected chi connectivity index (χ3v) is 4.82. The maximum atomic E-state index is 11.7. The van der Waals surface area contributed by atoms with Gasteiger partial charge in [-0.1, -0.05) is 18.2 Å². The Hall–Kier alpha value is -1.01. The molecule has 0 radical (unpaired) electrons. The lowest BCUT2D eigenvalue weighted by Crippen LogP contribution is -2.56. The van der Waals surface area contributed by atoms with Gasteiger partial charge in [-0.05, 0) is 32.2 Å². The lowest BCUT2D eigenvalue weighted by Gasteiger charge is -2.32. The molecule has 1 aromatic rings. The third-order valence-electron chi connectivity index (χ3n) is 3.88. The number of carbonyl (C=O) groups is 1. The number of carbonyl (C=O) groups excluding carboxylic acids is 1. The summed E-state index contributed by atoms with van der Waals surface area (Å²) in [7, 11) is 1.84. The van der Waals surface area contributed by atoms with Crippen molar-refractivity contribution >= 4 is 17.7 Å². The van der Waals surface area contributed by atoms with Crippen LogP contribution in [0.3, 0.4) is 0 Å². The van der Waals surface area contributed by atoms with Crippen LogP contribution in [0.1, 0.15) is 25.7 Å². The second-order valence-corrected chi connectivity index (χ2v) is 5.79. The van der Waals surface area contributed by atoms with Gasteiger partial charge in [-0.25, -0.2) is 4.98 Å². The number of primary amides is 1. The van der Waals surface area contributed by atoms with Gasteiger partial charge in [0, 0.05) is 18.1 Å². The lowest BCUT2D eigenvalue weighted by molar-refractivity contribution is -0.125. The van der Waals surface area contributed by atoms with Crippen LogP contribution in [0.15, 0.2) is 17.6 Å². The summed E-state index contributed by atoms with van der Waals surface area (Å²) in [6.45, 7) is 0. The minimum Gasteiger partial charge on any atom is -0.368 e. The molecule has 0 aliphatic heterocycles. The van der Waals surface area contributed by atoms with Gasteiger partial charge in [0.05, 0.1) is 0 Å². The van der Waals surface area contributed by atoms with Gasteiger partial charge < -0.3 is 16.0 Å². The van der Waals surface area contributed by atoms with E-state index in [1.54, 1.807) is 18.0 Å². The van der Waals surface area contributed by atoms with Crippen molar-refractivity contribution in [1.82, 2.24) is 15.3 Å². The number of nitrogens with zero attached hydrogens (tertiary/aromatic N) is 1. The monoisotopic (exact) mass is 268 g/mol. The van der Waals surface area contributed by atoms with Crippen LogP contribution in [0.2, 0.25) is 0 Å². The predicted molar refractivity (Wildman–Crippen MR) is 72.3 cm³/mol. The molecule has 2 rings (SSSR count). The van der Waals surface area contributed by atoms with Gasteiger partial charge in [0.2, 0.25) is 5.91 Å². The number of imidazole rings is 1. The first-order valence-corrected chi connectivity index (χ1v) is 7.28. The highest BCUT2D eigenvalue weighted by molar-refractivity contribution is 7.99. The van der Waals surface area contributed by atoms with Crippen molar-refractivity contribution in [2.75, 3.05) is 12.8 Å². The van der Waals surface area contributed by atoms with Crippen LogP contribution in [-0.2, 0) is 4.79 Å². The summed E-state index contributed by atoms with van der Waals surface area (Å²) in [5, 5.41) is 4.10. The van der Waals surface area contributed by atoms with E-state index in [4.69, 9.17) is 5.73 Å². The molecule has 6 heteroatoms. The summed E-state index contributed by atoms with van der Waals surface area (Å²) in [6, 6.07) is 0. The van der Waals surface area contributed by atoms with Crippen LogP contribution in [0.5, 0.6) is 0 Å². The Bertz CT molecular complexity index is 395. The Balaban J connectivity index is 1.89. The molecule has 0 saturated heterocycles. The molecule has 2 unspecified atom stereocenters. The molecule has 4 N–H and O–H groups in total. The molecule has 2 atom stereocenters. The molecule has 0 spiro atoms. The van der Waals surface area contributed by atoms with Crippen LogP contribution < -0.4 is 11.1 Å². The maximum absolute atomic E-state index is 11.7. The second-order valence-electron chi connectivity index (χ2n) is 4.71. The van der Waals surface area contributed by atoms with E-state index in [-0.39, 0.29) is 5.91 Å². The van der Waals surface area contributed by atoms with Crippen molar-refractivity contribution in [1.29, 1.82) is 0 Å².